The first-order valence-electron chi connectivity index (χ1n) is 8.29. The molecule has 2 aromatic rings. The molecule has 0 N–H and O–H groups in total. The Morgan fingerprint density at radius 1 is 1.04 bits per heavy atom. The van der Waals surface area contributed by atoms with Crippen molar-refractivity contribution in [2.45, 2.75) is 44.8 Å². The molecule has 4 nitrogen and oxygen atoms in total. The third kappa shape index (κ3) is 2.43. The van der Waals surface area contributed by atoms with Gasteiger partial charge in [-0.15, -0.1) is 0 Å². The minimum absolute atomic E-state index is 0.360. The minimum Gasteiger partial charge on any atom is -0.372 e. The van der Waals surface area contributed by atoms with Crippen molar-refractivity contribution in [2.75, 3.05) is 10.8 Å². The summed E-state index contributed by atoms with van der Waals surface area (Å²) < 4.78 is 33.5. The lowest BCUT2D eigenvalue weighted by atomic mass is 9.96. The molecule has 2 heterocycles. The van der Waals surface area contributed by atoms with Gasteiger partial charge >= 0.3 is 0 Å². The normalized spacial score (nSPS) is 16.8. The van der Waals surface area contributed by atoms with E-state index in [4.69, 9.17) is 4.74 Å². The average Bonchev–Trinajstić information content (AvgIpc) is 3.01. The van der Waals surface area contributed by atoms with E-state index in [-0.39, 0.29) is 0 Å². The summed E-state index contributed by atoms with van der Waals surface area (Å²) in [6, 6.07) is 9.48. The number of sulfonamides is 1. The molecule has 4 rings (SSSR count). The number of benzene rings is 2. The molecule has 0 radical (unpaired) electrons. The van der Waals surface area contributed by atoms with E-state index in [0.29, 0.717) is 24.7 Å². The quantitative estimate of drug-likeness (QED) is 0.839. The van der Waals surface area contributed by atoms with Crippen LogP contribution >= 0.6 is 0 Å². The van der Waals surface area contributed by atoms with Gasteiger partial charge in [-0.1, -0.05) is 12.1 Å². The Morgan fingerprint density at radius 2 is 1.83 bits per heavy atom. The van der Waals surface area contributed by atoms with Crippen molar-refractivity contribution in [3.63, 3.8) is 0 Å². The fourth-order valence-corrected chi connectivity index (χ4v) is 5.31. The predicted molar refractivity (Wildman–Crippen MR) is 93.7 cm³/mol. The Kier molecular flexibility index (Phi) is 3.66. The molecule has 5 heteroatoms. The van der Waals surface area contributed by atoms with Crippen molar-refractivity contribution < 1.29 is 13.2 Å². The second-order valence-corrected chi connectivity index (χ2v) is 8.55. The zero-order chi connectivity index (χ0) is 16.9. The summed E-state index contributed by atoms with van der Waals surface area (Å²) in [4.78, 5) is 0.360. The van der Waals surface area contributed by atoms with Crippen molar-refractivity contribution in [2.24, 2.45) is 0 Å². The summed E-state index contributed by atoms with van der Waals surface area (Å²) in [5.74, 6) is 0. The molecule has 24 heavy (non-hydrogen) atoms. The molecule has 0 aliphatic carbocycles. The Labute approximate surface area is 143 Å². The third-order valence-electron chi connectivity index (χ3n) is 4.93. The van der Waals surface area contributed by atoms with Crippen LogP contribution in [0.1, 0.15) is 34.2 Å². The molecule has 0 atom stereocenters. The molecule has 0 saturated heterocycles. The zero-order valence-corrected chi connectivity index (χ0v) is 14.8. The van der Waals surface area contributed by atoms with E-state index in [1.807, 2.05) is 19.1 Å². The molecule has 0 amide bonds. The van der Waals surface area contributed by atoms with Crippen molar-refractivity contribution >= 4 is 15.7 Å². The summed E-state index contributed by atoms with van der Waals surface area (Å²) in [5.41, 5.74) is 6.33. The van der Waals surface area contributed by atoms with Crippen LogP contribution in [0.25, 0.3) is 0 Å². The molecule has 2 aromatic carbocycles. The van der Waals surface area contributed by atoms with Gasteiger partial charge in [0.15, 0.2) is 0 Å². The van der Waals surface area contributed by atoms with Crippen molar-refractivity contribution in [1.82, 2.24) is 0 Å². The van der Waals surface area contributed by atoms with Gasteiger partial charge < -0.3 is 4.74 Å². The predicted octanol–water partition coefficient (Wildman–Crippen LogP) is 3.48. The number of hydrogen-bond acceptors (Lipinski definition) is 3. The van der Waals surface area contributed by atoms with E-state index in [1.165, 1.54) is 5.56 Å². The van der Waals surface area contributed by atoms with Crippen LogP contribution in [-0.2, 0) is 34.4 Å². The van der Waals surface area contributed by atoms with Gasteiger partial charge in [-0.2, -0.15) is 0 Å². The lowest BCUT2D eigenvalue weighted by Crippen LogP contribution is -2.36. The van der Waals surface area contributed by atoms with Crippen molar-refractivity contribution in [3.8, 4) is 0 Å². The van der Waals surface area contributed by atoms with Gasteiger partial charge in [-0.05, 0) is 72.7 Å². The summed E-state index contributed by atoms with van der Waals surface area (Å²) in [5, 5.41) is 0. The van der Waals surface area contributed by atoms with Crippen LogP contribution in [-0.4, -0.2) is 15.0 Å². The highest BCUT2D eigenvalue weighted by Gasteiger charge is 2.30. The van der Waals surface area contributed by atoms with Gasteiger partial charge in [0.25, 0.3) is 10.0 Å². The van der Waals surface area contributed by atoms with Gasteiger partial charge in [-0.3, -0.25) is 4.31 Å². The monoisotopic (exact) mass is 343 g/mol. The number of fused-ring (bicyclic) bond motifs is 2. The first-order chi connectivity index (χ1) is 11.5. The molecule has 2 aliphatic heterocycles. The first kappa shape index (κ1) is 15.7. The molecule has 2 aliphatic rings. The van der Waals surface area contributed by atoms with E-state index in [1.54, 1.807) is 16.4 Å². The highest BCUT2D eigenvalue weighted by Crippen LogP contribution is 2.35. The summed E-state index contributed by atoms with van der Waals surface area (Å²) in [6.07, 6.45) is 1.79. The van der Waals surface area contributed by atoms with E-state index in [2.05, 4.69) is 13.0 Å². The standard InChI is InChI=1S/C19H21NO3S/c1-13-8-14(2)18-4-3-7-20(19(18)9-13)24(21,22)17-6-5-15-11-23-12-16(15)10-17/h5-6,8-10H,3-4,7,11-12H2,1-2H3. The zero-order valence-electron chi connectivity index (χ0n) is 14.0. The van der Waals surface area contributed by atoms with E-state index in [9.17, 15) is 8.42 Å². The maximum Gasteiger partial charge on any atom is 0.264 e. The molecule has 0 spiro atoms. The van der Waals surface area contributed by atoms with Gasteiger partial charge in [-0.25, -0.2) is 8.42 Å². The van der Waals surface area contributed by atoms with Crippen LogP contribution in [0.2, 0.25) is 0 Å². The third-order valence-corrected chi connectivity index (χ3v) is 6.74. The second kappa shape index (κ2) is 5.60. The van der Waals surface area contributed by atoms with E-state index in [0.717, 1.165) is 40.8 Å². The SMILES string of the molecule is Cc1cc(C)c2c(c1)N(S(=O)(=O)c1ccc3c(c1)COC3)CCC2. The van der Waals surface area contributed by atoms with Crippen LogP contribution in [0.3, 0.4) is 0 Å². The van der Waals surface area contributed by atoms with Crippen LogP contribution in [0.4, 0.5) is 5.69 Å². The fraction of sp³-hybridized carbons (Fsp3) is 0.368. The summed E-state index contributed by atoms with van der Waals surface area (Å²) >= 11 is 0. The van der Waals surface area contributed by atoms with Crippen LogP contribution in [0.5, 0.6) is 0 Å². The number of anilines is 1. The number of hydrogen-bond donors (Lipinski definition) is 0. The topological polar surface area (TPSA) is 46.6 Å². The minimum atomic E-state index is -3.55. The van der Waals surface area contributed by atoms with Gasteiger partial charge in [0.2, 0.25) is 0 Å². The van der Waals surface area contributed by atoms with Crippen LogP contribution in [0.15, 0.2) is 35.2 Å². The largest absolute Gasteiger partial charge is 0.372 e. The van der Waals surface area contributed by atoms with Crippen LogP contribution in [0, 0.1) is 13.8 Å². The maximum atomic E-state index is 13.3. The molecular weight excluding hydrogens is 322 g/mol. The highest BCUT2D eigenvalue weighted by atomic mass is 32.2. The molecule has 0 saturated carbocycles. The Bertz CT molecular complexity index is 918. The van der Waals surface area contributed by atoms with E-state index < -0.39 is 10.0 Å². The molecule has 0 unspecified atom stereocenters. The highest BCUT2D eigenvalue weighted by molar-refractivity contribution is 7.92. The second-order valence-electron chi connectivity index (χ2n) is 6.68. The molecular formula is C19H21NO3S. The summed E-state index contributed by atoms with van der Waals surface area (Å²) in [7, 11) is -3.55. The molecule has 0 bridgehead atoms. The first-order valence-corrected chi connectivity index (χ1v) is 9.73. The smallest absolute Gasteiger partial charge is 0.264 e. The fourth-order valence-electron chi connectivity index (χ4n) is 3.73. The lowest BCUT2D eigenvalue weighted by molar-refractivity contribution is 0.134. The molecule has 0 fully saturated rings. The van der Waals surface area contributed by atoms with Crippen molar-refractivity contribution in [1.29, 1.82) is 0 Å². The number of rotatable bonds is 2. The summed E-state index contributed by atoms with van der Waals surface area (Å²) in [6.45, 7) is 5.67. The maximum absolute atomic E-state index is 13.3. The average molecular weight is 343 g/mol. The lowest BCUT2D eigenvalue weighted by Gasteiger charge is -2.32. The number of nitrogens with zero attached hydrogens (tertiary/aromatic N) is 1. The van der Waals surface area contributed by atoms with Gasteiger partial charge in [0.05, 0.1) is 23.8 Å². The number of aryl methyl sites for hydroxylation is 2. The Balaban J connectivity index is 1.82. The van der Waals surface area contributed by atoms with Crippen LogP contribution < -0.4 is 4.31 Å². The Hall–Kier alpha value is -1.85. The Morgan fingerprint density at radius 3 is 2.67 bits per heavy atom. The van der Waals surface area contributed by atoms with Crippen molar-refractivity contribution in [3.05, 3.63) is 58.1 Å². The molecule has 0 aromatic heterocycles. The van der Waals surface area contributed by atoms with Gasteiger partial charge in [0, 0.05) is 6.54 Å². The van der Waals surface area contributed by atoms with E-state index >= 15 is 0 Å². The van der Waals surface area contributed by atoms with Gasteiger partial charge in [0.1, 0.15) is 0 Å². The number of ether oxygens (including phenoxy) is 1. The molecule has 126 valence electrons.